The fourth-order valence-corrected chi connectivity index (χ4v) is 3.97. The first-order valence-corrected chi connectivity index (χ1v) is 10.9. The molecule has 0 bridgehead atoms. The molecule has 1 aliphatic heterocycles. The third-order valence-corrected chi connectivity index (χ3v) is 5.64. The van der Waals surface area contributed by atoms with Crippen LogP contribution in [0.15, 0.2) is 30.5 Å². The van der Waals surface area contributed by atoms with E-state index in [4.69, 9.17) is 4.98 Å². The molecule has 1 aliphatic rings. The van der Waals surface area contributed by atoms with E-state index in [1.807, 2.05) is 11.0 Å². The summed E-state index contributed by atoms with van der Waals surface area (Å²) < 4.78 is 29.8. The molecule has 0 amide bonds. The first-order chi connectivity index (χ1) is 15.7. The number of nitrogens with zero attached hydrogens (tertiary/aromatic N) is 6. The number of hydrogen-bond donors (Lipinski definition) is 2. The van der Waals surface area contributed by atoms with Gasteiger partial charge in [-0.05, 0) is 39.3 Å². The minimum Gasteiger partial charge on any atom is -0.389 e. The standard InChI is InChI=1S/C23H25F2N7O/c1-13-20(29-21-15(25)5-4-6-16(21)27-13)18-11-32-22(28-18)17(26-12-23(2,3)33)9-19(30-32)31-8-7-14(24)10-31/h4-6,9,11,14,26,33H,7-8,10,12H2,1-3H3/t14-/m1/s1. The van der Waals surface area contributed by atoms with E-state index in [9.17, 15) is 13.9 Å². The van der Waals surface area contributed by atoms with Crippen molar-refractivity contribution in [3.63, 3.8) is 0 Å². The van der Waals surface area contributed by atoms with E-state index in [0.717, 1.165) is 0 Å². The molecule has 1 saturated heterocycles. The van der Waals surface area contributed by atoms with Crippen LogP contribution in [0.25, 0.3) is 28.1 Å². The number of rotatable bonds is 5. The van der Waals surface area contributed by atoms with E-state index in [-0.39, 0.29) is 18.6 Å². The number of aromatic nitrogens is 5. The Labute approximate surface area is 189 Å². The summed E-state index contributed by atoms with van der Waals surface area (Å²) in [7, 11) is 0. The van der Waals surface area contributed by atoms with Crippen molar-refractivity contribution in [2.45, 2.75) is 39.0 Å². The van der Waals surface area contributed by atoms with Crippen LogP contribution in [0.1, 0.15) is 26.0 Å². The second-order valence-electron chi connectivity index (χ2n) is 9.07. The number of aliphatic hydroxyl groups is 1. The molecule has 0 unspecified atom stereocenters. The van der Waals surface area contributed by atoms with Crippen LogP contribution >= 0.6 is 0 Å². The number of aryl methyl sites for hydroxylation is 1. The molecule has 4 aromatic rings. The summed E-state index contributed by atoms with van der Waals surface area (Å²) in [4.78, 5) is 15.6. The Hall–Kier alpha value is -3.40. The van der Waals surface area contributed by atoms with Crippen LogP contribution in [0, 0.1) is 12.7 Å². The highest BCUT2D eigenvalue weighted by Gasteiger charge is 2.25. The van der Waals surface area contributed by atoms with Crippen molar-refractivity contribution in [1.82, 2.24) is 24.6 Å². The zero-order valence-electron chi connectivity index (χ0n) is 18.7. The van der Waals surface area contributed by atoms with Crippen molar-refractivity contribution < 1.29 is 13.9 Å². The van der Waals surface area contributed by atoms with Gasteiger partial charge in [0.15, 0.2) is 17.3 Å². The summed E-state index contributed by atoms with van der Waals surface area (Å²) in [6.45, 7) is 6.33. The molecule has 3 aromatic heterocycles. The smallest absolute Gasteiger partial charge is 0.177 e. The van der Waals surface area contributed by atoms with Crippen molar-refractivity contribution in [1.29, 1.82) is 0 Å². The van der Waals surface area contributed by atoms with Gasteiger partial charge in [-0.1, -0.05) is 6.07 Å². The van der Waals surface area contributed by atoms with Crippen molar-refractivity contribution in [3.8, 4) is 11.4 Å². The highest BCUT2D eigenvalue weighted by atomic mass is 19.1. The maximum Gasteiger partial charge on any atom is 0.177 e. The number of para-hydroxylation sites is 1. The lowest BCUT2D eigenvalue weighted by atomic mass is 10.1. The van der Waals surface area contributed by atoms with Crippen LogP contribution in [0.5, 0.6) is 0 Å². The quantitative estimate of drug-likeness (QED) is 0.478. The fraction of sp³-hybridized carbons (Fsp3) is 0.391. The average molecular weight is 453 g/mol. The molecule has 8 nitrogen and oxygen atoms in total. The minimum atomic E-state index is -0.953. The molecule has 1 fully saturated rings. The number of anilines is 2. The van der Waals surface area contributed by atoms with Gasteiger partial charge in [0.1, 0.15) is 23.1 Å². The Morgan fingerprint density at radius 1 is 1.24 bits per heavy atom. The van der Waals surface area contributed by atoms with E-state index in [1.54, 1.807) is 43.6 Å². The SMILES string of the molecule is Cc1nc2cccc(F)c2nc1-c1cn2nc(N3CC[C@@H](F)C3)cc(NCC(C)(C)O)c2n1. The number of benzene rings is 1. The number of halogens is 2. The highest BCUT2D eigenvalue weighted by molar-refractivity contribution is 5.80. The van der Waals surface area contributed by atoms with Gasteiger partial charge in [-0.25, -0.2) is 28.2 Å². The van der Waals surface area contributed by atoms with Crippen molar-refractivity contribution in [2.75, 3.05) is 29.9 Å². The first-order valence-electron chi connectivity index (χ1n) is 10.9. The summed E-state index contributed by atoms with van der Waals surface area (Å²) in [5.41, 5.74) is 2.42. The summed E-state index contributed by atoms with van der Waals surface area (Å²) in [5.74, 6) is 0.157. The third-order valence-electron chi connectivity index (χ3n) is 5.64. The molecule has 0 saturated carbocycles. The Balaban J connectivity index is 1.63. The fourth-order valence-electron chi connectivity index (χ4n) is 3.97. The topological polar surface area (TPSA) is 91.5 Å². The summed E-state index contributed by atoms with van der Waals surface area (Å²) in [5, 5.41) is 18.1. The van der Waals surface area contributed by atoms with Crippen molar-refractivity contribution in [2.24, 2.45) is 0 Å². The van der Waals surface area contributed by atoms with Crippen LogP contribution in [0.2, 0.25) is 0 Å². The van der Waals surface area contributed by atoms with Gasteiger partial charge in [-0.2, -0.15) is 0 Å². The lowest BCUT2D eigenvalue weighted by Crippen LogP contribution is -2.30. The number of imidazole rings is 1. The summed E-state index contributed by atoms with van der Waals surface area (Å²) in [6, 6.07) is 6.48. The molecule has 4 heterocycles. The maximum absolute atomic E-state index is 14.3. The molecular formula is C23H25F2N7O. The van der Waals surface area contributed by atoms with Gasteiger partial charge in [-0.3, -0.25) is 0 Å². The molecular weight excluding hydrogens is 428 g/mol. The predicted octanol–water partition coefficient (Wildman–Crippen LogP) is 3.52. The molecule has 10 heteroatoms. The Kier molecular flexibility index (Phi) is 5.12. The van der Waals surface area contributed by atoms with Gasteiger partial charge in [0.2, 0.25) is 0 Å². The van der Waals surface area contributed by atoms with E-state index >= 15 is 0 Å². The summed E-state index contributed by atoms with van der Waals surface area (Å²) >= 11 is 0. The van der Waals surface area contributed by atoms with Gasteiger partial charge in [-0.15, -0.1) is 5.10 Å². The van der Waals surface area contributed by atoms with Crippen LogP contribution in [0.3, 0.4) is 0 Å². The van der Waals surface area contributed by atoms with Gasteiger partial charge in [0.25, 0.3) is 0 Å². The van der Waals surface area contributed by atoms with Gasteiger partial charge < -0.3 is 15.3 Å². The van der Waals surface area contributed by atoms with E-state index in [0.29, 0.717) is 52.7 Å². The number of hydrogen-bond acceptors (Lipinski definition) is 7. The highest BCUT2D eigenvalue weighted by Crippen LogP contribution is 2.29. The summed E-state index contributed by atoms with van der Waals surface area (Å²) in [6.07, 6.45) is 1.28. The number of nitrogens with one attached hydrogen (secondary N) is 1. The molecule has 172 valence electrons. The molecule has 33 heavy (non-hydrogen) atoms. The molecule has 0 radical (unpaired) electrons. The number of alkyl halides is 1. The zero-order chi connectivity index (χ0) is 23.3. The molecule has 5 rings (SSSR count). The maximum atomic E-state index is 14.3. The van der Waals surface area contributed by atoms with E-state index < -0.39 is 17.6 Å². The third kappa shape index (κ3) is 4.18. The Morgan fingerprint density at radius 2 is 2.06 bits per heavy atom. The molecule has 0 aliphatic carbocycles. The first kappa shape index (κ1) is 21.4. The van der Waals surface area contributed by atoms with Gasteiger partial charge >= 0.3 is 0 Å². The van der Waals surface area contributed by atoms with Crippen molar-refractivity contribution in [3.05, 3.63) is 42.0 Å². The average Bonchev–Trinajstić information content (AvgIpc) is 3.37. The molecule has 1 atom stereocenters. The van der Waals surface area contributed by atoms with Crippen LogP contribution < -0.4 is 10.2 Å². The minimum absolute atomic E-state index is 0.176. The van der Waals surface area contributed by atoms with E-state index in [1.165, 1.54) is 6.07 Å². The predicted molar refractivity (Wildman–Crippen MR) is 123 cm³/mol. The largest absolute Gasteiger partial charge is 0.389 e. The van der Waals surface area contributed by atoms with Crippen molar-refractivity contribution >= 4 is 28.2 Å². The molecule has 0 spiro atoms. The normalized spacial score (nSPS) is 16.8. The molecule has 1 aromatic carbocycles. The van der Waals surface area contributed by atoms with Gasteiger partial charge in [0, 0.05) is 19.2 Å². The second kappa shape index (κ2) is 7.87. The van der Waals surface area contributed by atoms with Gasteiger partial charge in [0.05, 0.1) is 35.2 Å². The Morgan fingerprint density at radius 3 is 2.79 bits per heavy atom. The number of fused-ring (bicyclic) bond motifs is 2. The van der Waals surface area contributed by atoms with Crippen LogP contribution in [-0.2, 0) is 0 Å². The lowest BCUT2D eigenvalue weighted by Gasteiger charge is -2.21. The van der Waals surface area contributed by atoms with E-state index in [2.05, 4.69) is 20.4 Å². The second-order valence-corrected chi connectivity index (χ2v) is 9.07. The lowest BCUT2D eigenvalue weighted by molar-refractivity contribution is 0.0945. The van der Waals surface area contributed by atoms with Crippen LogP contribution in [0.4, 0.5) is 20.3 Å². The zero-order valence-corrected chi connectivity index (χ0v) is 18.7. The Bertz CT molecular complexity index is 1350. The monoisotopic (exact) mass is 453 g/mol. The van der Waals surface area contributed by atoms with Crippen LogP contribution in [-0.4, -0.2) is 61.1 Å². The molecule has 2 N–H and O–H groups in total.